The molecule has 3 rings (SSSR count). The van der Waals surface area contributed by atoms with E-state index in [2.05, 4.69) is 20.8 Å². The number of fused-ring (bicyclic) bond motifs is 2. The highest BCUT2D eigenvalue weighted by Crippen LogP contribution is 2.53. The second-order valence-corrected chi connectivity index (χ2v) is 11.2. The molecule has 1 saturated heterocycles. The van der Waals surface area contributed by atoms with Crippen molar-refractivity contribution in [2.45, 2.75) is 50.3 Å². The van der Waals surface area contributed by atoms with E-state index in [0.29, 0.717) is 15.1 Å². The van der Waals surface area contributed by atoms with Gasteiger partial charge in [0.05, 0.1) is 4.34 Å². The van der Waals surface area contributed by atoms with Crippen LogP contribution in [0.25, 0.3) is 0 Å². The van der Waals surface area contributed by atoms with E-state index in [4.69, 9.17) is 11.6 Å². The van der Waals surface area contributed by atoms with Crippen LogP contribution in [0.2, 0.25) is 4.34 Å². The topological polar surface area (TPSA) is 37.4 Å². The number of sulfonamides is 1. The summed E-state index contributed by atoms with van der Waals surface area (Å²) in [6.45, 7) is 7.35. The van der Waals surface area contributed by atoms with E-state index in [1.54, 1.807) is 16.4 Å². The summed E-state index contributed by atoms with van der Waals surface area (Å²) in [6.07, 6.45) is 3.02. The Bertz CT molecular complexity index is 637. The molecule has 0 spiro atoms. The van der Waals surface area contributed by atoms with Crippen LogP contribution in [-0.2, 0) is 10.0 Å². The quantitative estimate of drug-likeness (QED) is 0.820. The lowest BCUT2D eigenvalue weighted by molar-refractivity contribution is 0.133. The lowest BCUT2D eigenvalue weighted by Crippen LogP contribution is -2.37. The number of halogens is 1. The van der Waals surface area contributed by atoms with Crippen LogP contribution < -0.4 is 0 Å². The Morgan fingerprint density at radius 3 is 2.60 bits per heavy atom. The van der Waals surface area contributed by atoms with Gasteiger partial charge in [-0.15, -0.1) is 11.3 Å². The molecule has 6 heteroatoms. The predicted molar refractivity (Wildman–Crippen MR) is 82.7 cm³/mol. The molecule has 0 unspecified atom stereocenters. The first-order valence-electron chi connectivity index (χ1n) is 6.89. The molecule has 0 amide bonds. The maximum absolute atomic E-state index is 12.8. The van der Waals surface area contributed by atoms with Gasteiger partial charge in [0.15, 0.2) is 0 Å². The molecule has 2 atom stereocenters. The molecule has 2 heterocycles. The van der Waals surface area contributed by atoms with E-state index in [0.717, 1.165) is 30.6 Å². The lowest BCUT2D eigenvalue weighted by Gasteiger charge is -2.39. The third-order valence-electron chi connectivity index (χ3n) is 4.48. The lowest BCUT2D eigenvalue weighted by atomic mass is 9.65. The van der Waals surface area contributed by atoms with Gasteiger partial charge in [0.1, 0.15) is 4.21 Å². The van der Waals surface area contributed by atoms with E-state index < -0.39 is 10.0 Å². The molecule has 2 fully saturated rings. The van der Waals surface area contributed by atoms with Crippen molar-refractivity contribution in [3.8, 4) is 0 Å². The normalized spacial score (nSPS) is 33.5. The Hall–Kier alpha value is -0.100. The fourth-order valence-corrected chi connectivity index (χ4v) is 7.63. The molecule has 20 heavy (non-hydrogen) atoms. The third-order valence-corrected chi connectivity index (χ3v) is 8.08. The van der Waals surface area contributed by atoms with Gasteiger partial charge in [0, 0.05) is 12.6 Å². The van der Waals surface area contributed by atoms with Gasteiger partial charge in [-0.05, 0) is 42.2 Å². The minimum atomic E-state index is -3.39. The fraction of sp³-hybridized carbons (Fsp3) is 0.714. The van der Waals surface area contributed by atoms with Gasteiger partial charge in [0.2, 0.25) is 0 Å². The molecule has 1 saturated carbocycles. The zero-order valence-corrected chi connectivity index (χ0v) is 14.4. The average Bonchev–Trinajstić information content (AvgIpc) is 2.79. The first-order chi connectivity index (χ1) is 9.11. The highest BCUT2D eigenvalue weighted by atomic mass is 35.5. The predicted octanol–water partition coefficient (Wildman–Crippen LogP) is 3.99. The van der Waals surface area contributed by atoms with Crippen molar-refractivity contribution in [3.05, 3.63) is 16.5 Å². The van der Waals surface area contributed by atoms with Gasteiger partial charge >= 0.3 is 0 Å². The number of hydrogen-bond donors (Lipinski definition) is 0. The van der Waals surface area contributed by atoms with Crippen LogP contribution in [0.3, 0.4) is 0 Å². The van der Waals surface area contributed by atoms with E-state index in [9.17, 15) is 8.42 Å². The van der Waals surface area contributed by atoms with Crippen LogP contribution in [0.5, 0.6) is 0 Å². The van der Waals surface area contributed by atoms with Gasteiger partial charge in [-0.1, -0.05) is 32.4 Å². The van der Waals surface area contributed by atoms with Crippen molar-refractivity contribution >= 4 is 33.0 Å². The molecule has 1 aromatic heterocycles. The summed E-state index contributed by atoms with van der Waals surface area (Å²) < 4.78 is 28.3. The highest BCUT2D eigenvalue weighted by molar-refractivity contribution is 7.91. The summed E-state index contributed by atoms with van der Waals surface area (Å²) in [7, 11) is -3.39. The summed E-state index contributed by atoms with van der Waals surface area (Å²) in [6, 6.07) is 3.42. The number of nitrogens with zero attached hydrogens (tertiary/aromatic N) is 1. The maximum atomic E-state index is 12.8. The second-order valence-electron chi connectivity index (χ2n) is 7.32. The van der Waals surface area contributed by atoms with Crippen molar-refractivity contribution in [2.24, 2.45) is 10.8 Å². The van der Waals surface area contributed by atoms with Crippen LogP contribution in [0.1, 0.15) is 40.0 Å². The van der Waals surface area contributed by atoms with Gasteiger partial charge in [-0.25, -0.2) is 8.42 Å². The van der Waals surface area contributed by atoms with E-state index in [-0.39, 0.29) is 16.9 Å². The number of hydrogen-bond acceptors (Lipinski definition) is 3. The second kappa shape index (κ2) is 4.45. The minimum Gasteiger partial charge on any atom is -0.206 e. The fourth-order valence-electron chi connectivity index (χ4n) is 4.24. The van der Waals surface area contributed by atoms with Crippen molar-refractivity contribution in [1.29, 1.82) is 0 Å². The highest BCUT2D eigenvalue weighted by Gasteiger charge is 2.53. The third kappa shape index (κ3) is 2.43. The van der Waals surface area contributed by atoms with Crippen LogP contribution >= 0.6 is 22.9 Å². The molecule has 2 bridgehead atoms. The average molecular weight is 334 g/mol. The zero-order chi connectivity index (χ0) is 14.8. The SMILES string of the molecule is CC1(C)C[C@@H]2C[C@](C)(CN2S(=O)(=O)c2ccc(Cl)s2)C1. The summed E-state index contributed by atoms with van der Waals surface area (Å²) >= 11 is 7.04. The maximum Gasteiger partial charge on any atom is 0.252 e. The van der Waals surface area contributed by atoms with Crippen LogP contribution in [0.4, 0.5) is 0 Å². The molecule has 3 nitrogen and oxygen atoms in total. The van der Waals surface area contributed by atoms with Gasteiger partial charge in [0.25, 0.3) is 10.0 Å². The van der Waals surface area contributed by atoms with E-state index in [1.165, 1.54) is 0 Å². The summed E-state index contributed by atoms with van der Waals surface area (Å²) in [4.78, 5) is 0. The molecular formula is C14H20ClNO2S2. The molecule has 0 aromatic carbocycles. The van der Waals surface area contributed by atoms with Crippen molar-refractivity contribution in [3.63, 3.8) is 0 Å². The summed E-state index contributed by atoms with van der Waals surface area (Å²) in [5, 5.41) is 0. The standard InChI is InChI=1S/C14H20ClNO2S2/c1-13(2)6-10-7-14(3,8-13)9-16(10)20(17,18)12-5-4-11(15)19-12/h4-5,10H,6-9H2,1-3H3/t10-,14+/m1/s1. The Morgan fingerprint density at radius 2 is 2.00 bits per heavy atom. The van der Waals surface area contributed by atoms with Crippen molar-refractivity contribution < 1.29 is 8.42 Å². The molecule has 1 aliphatic heterocycles. The summed E-state index contributed by atoms with van der Waals surface area (Å²) in [5.74, 6) is 0. The molecule has 0 radical (unpaired) electrons. The Kier molecular flexibility index (Phi) is 3.30. The van der Waals surface area contributed by atoms with E-state index in [1.807, 2.05) is 0 Å². The monoisotopic (exact) mass is 333 g/mol. The molecule has 0 N–H and O–H groups in total. The number of rotatable bonds is 2. The van der Waals surface area contributed by atoms with Crippen molar-refractivity contribution in [1.82, 2.24) is 4.31 Å². The largest absolute Gasteiger partial charge is 0.252 e. The van der Waals surface area contributed by atoms with Crippen molar-refractivity contribution in [2.75, 3.05) is 6.54 Å². The van der Waals surface area contributed by atoms with E-state index >= 15 is 0 Å². The molecule has 1 aliphatic carbocycles. The number of thiophene rings is 1. The van der Waals surface area contributed by atoms with Gasteiger partial charge in [-0.2, -0.15) is 4.31 Å². The first-order valence-corrected chi connectivity index (χ1v) is 9.52. The molecule has 112 valence electrons. The Morgan fingerprint density at radius 1 is 1.30 bits per heavy atom. The minimum absolute atomic E-state index is 0.112. The molecular weight excluding hydrogens is 314 g/mol. The smallest absolute Gasteiger partial charge is 0.206 e. The Labute approximate surface area is 130 Å². The van der Waals surface area contributed by atoms with Gasteiger partial charge in [-0.3, -0.25) is 0 Å². The van der Waals surface area contributed by atoms with Crippen LogP contribution in [0.15, 0.2) is 16.3 Å². The first kappa shape index (κ1) is 14.8. The molecule has 2 aliphatic rings. The van der Waals surface area contributed by atoms with Crippen LogP contribution in [0, 0.1) is 10.8 Å². The Balaban J connectivity index is 1.96. The summed E-state index contributed by atoms with van der Waals surface area (Å²) in [5.41, 5.74) is 0.329. The zero-order valence-electron chi connectivity index (χ0n) is 12.0. The molecule has 1 aromatic rings. The van der Waals surface area contributed by atoms with Crippen LogP contribution in [-0.4, -0.2) is 25.3 Å². The van der Waals surface area contributed by atoms with Gasteiger partial charge < -0.3 is 0 Å².